The van der Waals surface area contributed by atoms with E-state index in [1.54, 1.807) is 38.3 Å². The Bertz CT molecular complexity index is 1180. The molecule has 5 rings (SSSR count). The summed E-state index contributed by atoms with van der Waals surface area (Å²) in [6, 6.07) is 10.2. The summed E-state index contributed by atoms with van der Waals surface area (Å²) in [7, 11) is 1.57. The third kappa shape index (κ3) is 2.87. The number of anilines is 1. The van der Waals surface area contributed by atoms with Crippen molar-refractivity contribution in [3.05, 3.63) is 58.7 Å². The molecule has 0 radical (unpaired) electrons. The second-order valence-electron chi connectivity index (χ2n) is 9.22. The summed E-state index contributed by atoms with van der Waals surface area (Å²) in [6.07, 6.45) is -0.932. The van der Waals surface area contributed by atoms with Gasteiger partial charge >= 0.3 is 0 Å². The Labute approximate surface area is 191 Å². The third-order valence-corrected chi connectivity index (χ3v) is 7.47. The summed E-state index contributed by atoms with van der Waals surface area (Å²) < 4.78 is 5.18. The van der Waals surface area contributed by atoms with E-state index in [-0.39, 0.29) is 18.4 Å². The number of aliphatic hydroxyl groups is 1. The number of imide groups is 1. The predicted octanol–water partition coefficient (Wildman–Crippen LogP) is 1.61. The van der Waals surface area contributed by atoms with Gasteiger partial charge in [0.05, 0.1) is 31.6 Å². The number of rotatable bonds is 4. The Kier molecular flexibility index (Phi) is 4.84. The molecule has 33 heavy (non-hydrogen) atoms. The number of carbonyl (C=O) groups is 3. The number of fused-ring (bicyclic) bond motifs is 4. The van der Waals surface area contributed by atoms with Crippen molar-refractivity contribution in [1.82, 2.24) is 10.2 Å². The van der Waals surface area contributed by atoms with Crippen molar-refractivity contribution in [2.24, 2.45) is 11.8 Å². The maximum atomic E-state index is 13.7. The number of nitrogens with zero attached hydrogens (tertiary/aromatic N) is 1. The number of hydrogen-bond acceptors (Lipinski definition) is 6. The van der Waals surface area contributed by atoms with Crippen LogP contribution >= 0.6 is 0 Å². The first-order chi connectivity index (χ1) is 15.7. The van der Waals surface area contributed by atoms with Crippen LogP contribution in [0.2, 0.25) is 0 Å². The van der Waals surface area contributed by atoms with Gasteiger partial charge in [-0.2, -0.15) is 0 Å². The lowest BCUT2D eigenvalue weighted by atomic mass is 9.76. The van der Waals surface area contributed by atoms with Gasteiger partial charge in [0.25, 0.3) is 0 Å². The minimum absolute atomic E-state index is 0.0959. The van der Waals surface area contributed by atoms with Crippen LogP contribution in [0, 0.1) is 25.7 Å². The van der Waals surface area contributed by atoms with Crippen LogP contribution < -0.4 is 15.4 Å². The molecule has 0 aliphatic carbocycles. The second-order valence-corrected chi connectivity index (χ2v) is 9.22. The number of ether oxygens (including phenoxy) is 1. The number of amides is 3. The van der Waals surface area contributed by atoms with Gasteiger partial charge in [0, 0.05) is 17.3 Å². The first kappa shape index (κ1) is 21.6. The standard InChI is InChI=1S/C25H27N3O5/c1-12-5-10-17-20(13(12)2)26-24(32)25(17)19-18(21(27-25)14(3)29)22(30)28(23(19)31)11-15-6-8-16(33-4)9-7-15/h5-10,14,18-19,21,27,29H,11H2,1-4H3,(H,26,32)/t14-,18-,19-,21-,25+/m0/s1. The molecule has 0 bridgehead atoms. The Balaban J connectivity index is 1.59. The lowest BCUT2D eigenvalue weighted by Gasteiger charge is -2.30. The van der Waals surface area contributed by atoms with E-state index in [4.69, 9.17) is 4.74 Å². The molecule has 3 N–H and O–H groups in total. The zero-order valence-corrected chi connectivity index (χ0v) is 19.0. The van der Waals surface area contributed by atoms with Gasteiger partial charge in [0.15, 0.2) is 0 Å². The molecule has 2 fully saturated rings. The molecule has 3 amide bonds. The van der Waals surface area contributed by atoms with Crippen molar-refractivity contribution in [2.75, 3.05) is 12.4 Å². The summed E-state index contributed by atoms with van der Waals surface area (Å²) in [4.78, 5) is 41.9. The number of aliphatic hydroxyl groups excluding tert-OH is 1. The zero-order valence-electron chi connectivity index (χ0n) is 19.0. The normalized spacial score (nSPS) is 28.8. The molecule has 2 aromatic carbocycles. The smallest absolute Gasteiger partial charge is 0.250 e. The molecule has 0 aromatic heterocycles. The van der Waals surface area contributed by atoms with Crippen LogP contribution in [0.15, 0.2) is 36.4 Å². The van der Waals surface area contributed by atoms with Crippen LogP contribution in [0.5, 0.6) is 5.75 Å². The molecule has 2 saturated heterocycles. The highest BCUT2D eigenvalue weighted by Gasteiger charge is 2.71. The van der Waals surface area contributed by atoms with Crippen LogP contribution in [0.1, 0.15) is 29.2 Å². The van der Waals surface area contributed by atoms with Gasteiger partial charge < -0.3 is 15.2 Å². The Morgan fingerprint density at radius 3 is 2.42 bits per heavy atom. The van der Waals surface area contributed by atoms with E-state index in [1.165, 1.54) is 4.90 Å². The van der Waals surface area contributed by atoms with Crippen LogP contribution in [0.25, 0.3) is 0 Å². The number of carbonyl (C=O) groups excluding carboxylic acids is 3. The first-order valence-corrected chi connectivity index (χ1v) is 11.1. The van der Waals surface area contributed by atoms with Gasteiger partial charge in [0.2, 0.25) is 17.7 Å². The molecular weight excluding hydrogens is 422 g/mol. The lowest BCUT2D eigenvalue weighted by Crippen LogP contribution is -2.54. The molecule has 3 aliphatic heterocycles. The summed E-state index contributed by atoms with van der Waals surface area (Å²) in [5.41, 5.74) is 2.64. The van der Waals surface area contributed by atoms with Crippen LogP contribution in [-0.4, -0.2) is 47.0 Å². The van der Waals surface area contributed by atoms with Crippen LogP contribution in [0.4, 0.5) is 5.69 Å². The molecule has 0 unspecified atom stereocenters. The summed E-state index contributed by atoms with van der Waals surface area (Å²) in [5, 5.41) is 16.7. The van der Waals surface area contributed by atoms with Gasteiger partial charge in [-0.25, -0.2) is 0 Å². The van der Waals surface area contributed by atoms with E-state index in [1.807, 2.05) is 26.0 Å². The molecular formula is C25H27N3O5. The summed E-state index contributed by atoms with van der Waals surface area (Å²) in [5.74, 6) is -2.24. The highest BCUT2D eigenvalue weighted by Crippen LogP contribution is 2.54. The number of likely N-dealkylation sites (tertiary alicyclic amines) is 1. The predicted molar refractivity (Wildman–Crippen MR) is 120 cm³/mol. The first-order valence-electron chi connectivity index (χ1n) is 11.1. The SMILES string of the molecule is COc1ccc(CN2C(=O)[C@@H]3[C@H]([C@H](C)O)N[C@@]4(C(=O)Nc5c4ccc(C)c5C)[C@@H]3C2=O)cc1. The monoisotopic (exact) mass is 449 g/mol. The van der Waals surface area contributed by atoms with Crippen LogP contribution in [-0.2, 0) is 26.5 Å². The third-order valence-electron chi connectivity index (χ3n) is 7.47. The Morgan fingerprint density at radius 2 is 1.79 bits per heavy atom. The highest BCUT2D eigenvalue weighted by atomic mass is 16.5. The van der Waals surface area contributed by atoms with E-state index >= 15 is 0 Å². The zero-order chi connectivity index (χ0) is 23.7. The quantitative estimate of drug-likeness (QED) is 0.612. The summed E-state index contributed by atoms with van der Waals surface area (Å²) >= 11 is 0. The van der Waals surface area contributed by atoms with Crippen molar-refractivity contribution >= 4 is 23.4 Å². The fraction of sp³-hybridized carbons (Fsp3) is 0.400. The van der Waals surface area contributed by atoms with E-state index in [0.29, 0.717) is 17.0 Å². The average Bonchev–Trinajstić information content (AvgIpc) is 3.38. The maximum absolute atomic E-state index is 13.7. The van der Waals surface area contributed by atoms with Crippen molar-refractivity contribution in [3.63, 3.8) is 0 Å². The number of nitrogens with one attached hydrogen (secondary N) is 2. The van der Waals surface area contributed by atoms with Gasteiger partial charge in [-0.1, -0.05) is 24.3 Å². The molecule has 172 valence electrons. The van der Waals surface area contributed by atoms with Crippen LogP contribution in [0.3, 0.4) is 0 Å². The number of hydrogen-bond donors (Lipinski definition) is 3. The highest BCUT2D eigenvalue weighted by molar-refractivity contribution is 6.15. The minimum Gasteiger partial charge on any atom is -0.497 e. The largest absolute Gasteiger partial charge is 0.497 e. The number of benzene rings is 2. The number of methoxy groups -OCH3 is 1. The molecule has 0 saturated carbocycles. The van der Waals surface area contributed by atoms with Gasteiger partial charge in [-0.3, -0.25) is 24.6 Å². The van der Waals surface area contributed by atoms with Crippen molar-refractivity contribution < 1.29 is 24.2 Å². The Morgan fingerprint density at radius 1 is 1.09 bits per heavy atom. The van der Waals surface area contributed by atoms with E-state index < -0.39 is 35.4 Å². The lowest BCUT2D eigenvalue weighted by molar-refractivity contribution is -0.143. The van der Waals surface area contributed by atoms with Gasteiger partial charge in [0.1, 0.15) is 11.3 Å². The topological polar surface area (TPSA) is 108 Å². The maximum Gasteiger partial charge on any atom is 0.250 e. The molecule has 8 heteroatoms. The fourth-order valence-electron chi connectivity index (χ4n) is 5.59. The Hall–Kier alpha value is -3.23. The molecule has 2 aromatic rings. The van der Waals surface area contributed by atoms with E-state index in [9.17, 15) is 19.5 Å². The molecule has 8 nitrogen and oxygen atoms in total. The fourth-order valence-corrected chi connectivity index (χ4v) is 5.59. The van der Waals surface area contributed by atoms with Gasteiger partial charge in [-0.05, 0) is 49.6 Å². The minimum atomic E-state index is -1.40. The molecule has 3 heterocycles. The van der Waals surface area contributed by atoms with Crippen molar-refractivity contribution in [2.45, 2.75) is 45.0 Å². The number of aryl methyl sites for hydroxylation is 1. The summed E-state index contributed by atoms with van der Waals surface area (Å²) in [6.45, 7) is 5.55. The average molecular weight is 450 g/mol. The molecule has 1 spiro atoms. The van der Waals surface area contributed by atoms with E-state index in [0.717, 1.165) is 16.7 Å². The van der Waals surface area contributed by atoms with Crippen molar-refractivity contribution in [3.8, 4) is 5.75 Å². The second kappa shape index (κ2) is 7.40. The molecule has 5 atom stereocenters. The molecule has 3 aliphatic rings. The van der Waals surface area contributed by atoms with E-state index in [2.05, 4.69) is 10.6 Å². The van der Waals surface area contributed by atoms with Gasteiger partial charge in [-0.15, -0.1) is 0 Å². The van der Waals surface area contributed by atoms with Crippen molar-refractivity contribution in [1.29, 1.82) is 0 Å².